The minimum absolute atomic E-state index is 0.436. The predicted octanol–water partition coefficient (Wildman–Crippen LogP) is 1.55. The number of ether oxygens (including phenoxy) is 1. The molecular weight excluding hydrogens is 178 g/mol. The Morgan fingerprint density at radius 2 is 2.36 bits per heavy atom. The first kappa shape index (κ1) is 10.5. The average molecular weight is 191 g/mol. The van der Waals surface area contributed by atoms with Gasteiger partial charge in [0.1, 0.15) is 5.75 Å². The molecule has 0 radical (unpaired) electrons. The van der Waals surface area contributed by atoms with E-state index in [1.807, 2.05) is 13.0 Å². The van der Waals surface area contributed by atoms with E-state index in [1.54, 1.807) is 12.1 Å². The van der Waals surface area contributed by atoms with Crippen LogP contribution in [0, 0.1) is 6.92 Å². The third-order valence-electron chi connectivity index (χ3n) is 1.93. The summed E-state index contributed by atoms with van der Waals surface area (Å²) in [6.07, 6.45) is 1.13. The predicted molar refractivity (Wildman–Crippen MR) is 54.9 cm³/mol. The first-order valence-corrected chi connectivity index (χ1v) is 4.31. The number of carbonyl (C=O) groups excluding carboxylic acids is 1. The van der Waals surface area contributed by atoms with Crippen LogP contribution >= 0.6 is 0 Å². The normalized spacial score (nSPS) is 9.57. The van der Waals surface area contributed by atoms with Crippen molar-refractivity contribution >= 4 is 5.97 Å². The first-order valence-electron chi connectivity index (χ1n) is 4.31. The van der Waals surface area contributed by atoms with Gasteiger partial charge < -0.3 is 10.5 Å². The molecule has 14 heavy (non-hydrogen) atoms. The fourth-order valence-corrected chi connectivity index (χ4v) is 1.09. The average Bonchev–Trinajstić information content (AvgIpc) is 2.20. The van der Waals surface area contributed by atoms with Crippen molar-refractivity contribution in [2.75, 3.05) is 0 Å². The number of esters is 1. The number of carbonyl (C=O) groups is 1. The van der Waals surface area contributed by atoms with E-state index in [4.69, 9.17) is 10.5 Å². The van der Waals surface area contributed by atoms with Gasteiger partial charge in [0.25, 0.3) is 0 Å². The molecule has 0 amide bonds. The summed E-state index contributed by atoms with van der Waals surface area (Å²) in [6.45, 7) is 5.71. The number of hydrogen-bond donors (Lipinski definition) is 1. The van der Waals surface area contributed by atoms with Crippen LogP contribution in [0.4, 0.5) is 0 Å². The van der Waals surface area contributed by atoms with Crippen LogP contribution in [-0.4, -0.2) is 5.97 Å². The standard InChI is InChI=1S/C11H13NO2/c1-3-11(13)14-10-5-4-8(2)9(6-10)7-12/h3-6H,1,7,12H2,2H3. The number of aryl methyl sites for hydroxylation is 1. The van der Waals surface area contributed by atoms with Crippen molar-refractivity contribution in [3.63, 3.8) is 0 Å². The van der Waals surface area contributed by atoms with E-state index in [2.05, 4.69) is 6.58 Å². The molecule has 0 unspecified atom stereocenters. The van der Waals surface area contributed by atoms with Crippen LogP contribution in [-0.2, 0) is 11.3 Å². The van der Waals surface area contributed by atoms with Gasteiger partial charge in [-0.05, 0) is 30.2 Å². The van der Waals surface area contributed by atoms with Crippen LogP contribution in [0.1, 0.15) is 11.1 Å². The van der Waals surface area contributed by atoms with Gasteiger partial charge in [0.15, 0.2) is 0 Å². The highest BCUT2D eigenvalue weighted by Gasteiger charge is 2.02. The maximum Gasteiger partial charge on any atom is 0.335 e. The third-order valence-corrected chi connectivity index (χ3v) is 1.93. The zero-order valence-corrected chi connectivity index (χ0v) is 8.12. The quantitative estimate of drug-likeness (QED) is 0.448. The number of benzene rings is 1. The molecule has 1 aromatic carbocycles. The second kappa shape index (κ2) is 4.58. The molecule has 3 nitrogen and oxygen atoms in total. The Labute approximate surface area is 83.2 Å². The summed E-state index contributed by atoms with van der Waals surface area (Å²) < 4.78 is 4.95. The van der Waals surface area contributed by atoms with E-state index >= 15 is 0 Å². The van der Waals surface area contributed by atoms with Crippen molar-refractivity contribution < 1.29 is 9.53 Å². The summed E-state index contributed by atoms with van der Waals surface area (Å²) in [5, 5.41) is 0. The lowest BCUT2D eigenvalue weighted by molar-refractivity contribution is -0.128. The van der Waals surface area contributed by atoms with Crippen molar-refractivity contribution in [1.29, 1.82) is 0 Å². The molecule has 0 atom stereocenters. The Balaban J connectivity index is 2.89. The lowest BCUT2D eigenvalue weighted by Crippen LogP contribution is -2.05. The molecule has 3 heteroatoms. The van der Waals surface area contributed by atoms with Gasteiger partial charge in [-0.15, -0.1) is 0 Å². The van der Waals surface area contributed by atoms with Crippen LogP contribution < -0.4 is 10.5 Å². The van der Waals surface area contributed by atoms with Crippen molar-refractivity contribution in [3.8, 4) is 5.75 Å². The molecule has 74 valence electrons. The highest BCUT2D eigenvalue weighted by molar-refractivity contribution is 5.83. The lowest BCUT2D eigenvalue weighted by Gasteiger charge is -2.06. The topological polar surface area (TPSA) is 52.3 Å². The van der Waals surface area contributed by atoms with Crippen molar-refractivity contribution in [2.45, 2.75) is 13.5 Å². The second-order valence-corrected chi connectivity index (χ2v) is 2.92. The Hall–Kier alpha value is -1.61. The largest absolute Gasteiger partial charge is 0.423 e. The summed E-state index contributed by atoms with van der Waals surface area (Å²) in [5.74, 6) is 0.0396. The Morgan fingerprint density at radius 3 is 2.93 bits per heavy atom. The fourth-order valence-electron chi connectivity index (χ4n) is 1.09. The maximum atomic E-state index is 10.9. The van der Waals surface area contributed by atoms with Crippen LogP contribution in [0.15, 0.2) is 30.9 Å². The molecule has 0 saturated heterocycles. The molecule has 0 aromatic heterocycles. The summed E-state index contributed by atoms with van der Waals surface area (Å²) in [6, 6.07) is 5.36. The van der Waals surface area contributed by atoms with Crippen LogP contribution in [0.3, 0.4) is 0 Å². The zero-order chi connectivity index (χ0) is 10.6. The van der Waals surface area contributed by atoms with Gasteiger partial charge in [-0.1, -0.05) is 12.6 Å². The zero-order valence-electron chi connectivity index (χ0n) is 8.12. The van der Waals surface area contributed by atoms with Gasteiger partial charge in [0.2, 0.25) is 0 Å². The van der Waals surface area contributed by atoms with Gasteiger partial charge in [-0.2, -0.15) is 0 Å². The molecular formula is C11H13NO2. The Bertz CT molecular complexity index is 358. The van der Waals surface area contributed by atoms with Crippen LogP contribution in [0.2, 0.25) is 0 Å². The van der Waals surface area contributed by atoms with E-state index in [1.165, 1.54) is 0 Å². The van der Waals surface area contributed by atoms with Crippen LogP contribution in [0.5, 0.6) is 5.75 Å². The van der Waals surface area contributed by atoms with E-state index in [0.717, 1.165) is 17.2 Å². The summed E-state index contributed by atoms with van der Waals surface area (Å²) in [7, 11) is 0. The third kappa shape index (κ3) is 2.44. The smallest absolute Gasteiger partial charge is 0.335 e. The first-order chi connectivity index (χ1) is 6.67. The summed E-state index contributed by atoms with van der Waals surface area (Å²) >= 11 is 0. The van der Waals surface area contributed by atoms with E-state index in [-0.39, 0.29) is 0 Å². The molecule has 0 aliphatic carbocycles. The van der Waals surface area contributed by atoms with E-state index in [9.17, 15) is 4.79 Å². The molecule has 1 rings (SSSR count). The Morgan fingerprint density at radius 1 is 1.64 bits per heavy atom. The van der Waals surface area contributed by atoms with Gasteiger partial charge in [0.05, 0.1) is 0 Å². The lowest BCUT2D eigenvalue weighted by atomic mass is 10.1. The summed E-state index contributed by atoms with van der Waals surface area (Å²) in [5.41, 5.74) is 7.58. The van der Waals surface area contributed by atoms with Crippen molar-refractivity contribution in [2.24, 2.45) is 5.73 Å². The molecule has 1 aromatic rings. The second-order valence-electron chi connectivity index (χ2n) is 2.92. The highest BCUT2D eigenvalue weighted by atomic mass is 16.5. The minimum atomic E-state index is -0.461. The number of nitrogens with two attached hydrogens (primary N) is 1. The highest BCUT2D eigenvalue weighted by Crippen LogP contribution is 2.17. The monoisotopic (exact) mass is 191 g/mol. The van der Waals surface area contributed by atoms with Gasteiger partial charge in [-0.3, -0.25) is 0 Å². The van der Waals surface area contributed by atoms with E-state index < -0.39 is 5.97 Å². The fraction of sp³-hybridized carbons (Fsp3) is 0.182. The summed E-state index contributed by atoms with van der Waals surface area (Å²) in [4.78, 5) is 10.9. The number of hydrogen-bond acceptors (Lipinski definition) is 3. The van der Waals surface area contributed by atoms with Gasteiger partial charge in [0, 0.05) is 12.6 Å². The molecule has 0 saturated carbocycles. The van der Waals surface area contributed by atoms with Gasteiger partial charge in [-0.25, -0.2) is 4.79 Å². The van der Waals surface area contributed by atoms with Crippen molar-refractivity contribution in [1.82, 2.24) is 0 Å². The molecule has 0 heterocycles. The van der Waals surface area contributed by atoms with Gasteiger partial charge >= 0.3 is 5.97 Å². The van der Waals surface area contributed by atoms with Crippen molar-refractivity contribution in [3.05, 3.63) is 42.0 Å². The SMILES string of the molecule is C=CC(=O)Oc1ccc(C)c(CN)c1. The van der Waals surface area contributed by atoms with E-state index in [0.29, 0.717) is 12.3 Å². The minimum Gasteiger partial charge on any atom is -0.423 e. The maximum absolute atomic E-state index is 10.9. The van der Waals surface area contributed by atoms with Crippen LogP contribution in [0.25, 0.3) is 0 Å². The molecule has 0 bridgehead atoms. The molecule has 0 aliphatic rings. The molecule has 0 spiro atoms. The number of rotatable bonds is 3. The Kier molecular flexibility index (Phi) is 3.42. The molecule has 2 N–H and O–H groups in total. The molecule has 0 fully saturated rings. The molecule has 0 aliphatic heterocycles.